The minimum atomic E-state index is 0.936. The average molecular weight is 336 g/mol. The first kappa shape index (κ1) is 14.6. The van der Waals surface area contributed by atoms with Crippen molar-refractivity contribution in [2.24, 2.45) is 0 Å². The standard InChI is InChI=1S/C16H18BrNS/c1-2-10-18-12-13-6-3-4-9-16(13)19-15-8-5-7-14(17)11-15/h3-9,11,18H,2,10,12H2,1H3. The van der Waals surface area contributed by atoms with Crippen molar-refractivity contribution in [2.75, 3.05) is 6.54 Å². The molecular formula is C16H18BrNS. The van der Waals surface area contributed by atoms with Crippen molar-refractivity contribution in [2.45, 2.75) is 29.7 Å². The van der Waals surface area contributed by atoms with Gasteiger partial charge in [0.1, 0.15) is 0 Å². The Kier molecular flexibility index (Phi) is 5.95. The minimum Gasteiger partial charge on any atom is -0.313 e. The van der Waals surface area contributed by atoms with Crippen molar-refractivity contribution in [1.29, 1.82) is 0 Å². The smallest absolute Gasteiger partial charge is 0.0216 e. The molecule has 2 aromatic carbocycles. The molecular weight excluding hydrogens is 318 g/mol. The summed E-state index contributed by atoms with van der Waals surface area (Å²) < 4.78 is 1.12. The highest BCUT2D eigenvalue weighted by molar-refractivity contribution is 9.10. The van der Waals surface area contributed by atoms with E-state index in [9.17, 15) is 0 Å². The third kappa shape index (κ3) is 4.68. The molecule has 0 heterocycles. The van der Waals surface area contributed by atoms with Gasteiger partial charge in [0.2, 0.25) is 0 Å². The number of rotatable bonds is 6. The first-order chi connectivity index (χ1) is 9.29. The van der Waals surface area contributed by atoms with Gasteiger partial charge in [-0.1, -0.05) is 58.9 Å². The summed E-state index contributed by atoms with van der Waals surface area (Å²) in [6, 6.07) is 17.0. The maximum absolute atomic E-state index is 3.52. The second-order valence-corrected chi connectivity index (χ2v) is 6.37. The van der Waals surface area contributed by atoms with Gasteiger partial charge in [0.25, 0.3) is 0 Å². The van der Waals surface area contributed by atoms with Crippen LogP contribution in [0.25, 0.3) is 0 Å². The topological polar surface area (TPSA) is 12.0 Å². The van der Waals surface area contributed by atoms with Crippen molar-refractivity contribution in [3.63, 3.8) is 0 Å². The highest BCUT2D eigenvalue weighted by atomic mass is 79.9. The Morgan fingerprint density at radius 1 is 1.11 bits per heavy atom. The van der Waals surface area contributed by atoms with E-state index in [0.717, 1.165) is 17.6 Å². The molecule has 19 heavy (non-hydrogen) atoms. The molecule has 0 amide bonds. The third-order valence-electron chi connectivity index (χ3n) is 2.74. The van der Waals surface area contributed by atoms with Gasteiger partial charge in [0.05, 0.1) is 0 Å². The molecule has 1 N–H and O–H groups in total. The lowest BCUT2D eigenvalue weighted by atomic mass is 10.2. The SMILES string of the molecule is CCCNCc1ccccc1Sc1cccc(Br)c1. The van der Waals surface area contributed by atoms with E-state index in [1.54, 1.807) is 0 Å². The van der Waals surface area contributed by atoms with Crippen LogP contribution < -0.4 is 5.32 Å². The lowest BCUT2D eigenvalue weighted by Crippen LogP contribution is -2.14. The monoisotopic (exact) mass is 335 g/mol. The van der Waals surface area contributed by atoms with E-state index in [0.29, 0.717) is 0 Å². The molecule has 1 nitrogen and oxygen atoms in total. The van der Waals surface area contributed by atoms with E-state index in [2.05, 4.69) is 76.7 Å². The van der Waals surface area contributed by atoms with E-state index in [4.69, 9.17) is 0 Å². The summed E-state index contributed by atoms with van der Waals surface area (Å²) in [4.78, 5) is 2.58. The molecule has 0 aliphatic carbocycles. The first-order valence-corrected chi connectivity index (χ1v) is 8.12. The van der Waals surface area contributed by atoms with Crippen molar-refractivity contribution in [3.8, 4) is 0 Å². The number of hydrogen-bond donors (Lipinski definition) is 1. The van der Waals surface area contributed by atoms with Crippen LogP contribution in [0.2, 0.25) is 0 Å². The fourth-order valence-electron chi connectivity index (χ4n) is 1.81. The van der Waals surface area contributed by atoms with Crippen LogP contribution in [0.4, 0.5) is 0 Å². The summed E-state index contributed by atoms with van der Waals surface area (Å²) in [5.41, 5.74) is 1.36. The lowest BCUT2D eigenvalue weighted by Gasteiger charge is -2.10. The molecule has 0 aliphatic heterocycles. The Bertz CT molecular complexity index is 528. The first-order valence-electron chi connectivity index (χ1n) is 6.51. The van der Waals surface area contributed by atoms with Crippen LogP contribution in [0.15, 0.2) is 62.8 Å². The van der Waals surface area contributed by atoms with Gasteiger partial charge in [-0.05, 0) is 42.8 Å². The Hall–Kier alpha value is -0.770. The zero-order valence-corrected chi connectivity index (χ0v) is 13.4. The van der Waals surface area contributed by atoms with Crippen molar-refractivity contribution in [1.82, 2.24) is 5.32 Å². The number of hydrogen-bond acceptors (Lipinski definition) is 2. The van der Waals surface area contributed by atoms with Gasteiger partial charge in [-0.2, -0.15) is 0 Å². The van der Waals surface area contributed by atoms with E-state index in [1.165, 1.54) is 21.8 Å². The highest BCUT2D eigenvalue weighted by Crippen LogP contribution is 2.31. The quantitative estimate of drug-likeness (QED) is 0.737. The predicted molar refractivity (Wildman–Crippen MR) is 86.7 cm³/mol. The van der Waals surface area contributed by atoms with Gasteiger partial charge in [0.15, 0.2) is 0 Å². The highest BCUT2D eigenvalue weighted by Gasteiger charge is 2.04. The zero-order valence-electron chi connectivity index (χ0n) is 11.0. The molecule has 0 bridgehead atoms. The summed E-state index contributed by atoms with van der Waals surface area (Å²) in [7, 11) is 0. The number of benzene rings is 2. The second kappa shape index (κ2) is 7.73. The molecule has 0 spiro atoms. The molecule has 2 rings (SSSR count). The molecule has 0 radical (unpaired) electrons. The molecule has 0 aromatic heterocycles. The lowest BCUT2D eigenvalue weighted by molar-refractivity contribution is 0.669. The number of halogens is 1. The second-order valence-electron chi connectivity index (χ2n) is 4.34. The van der Waals surface area contributed by atoms with Crippen molar-refractivity contribution >= 4 is 27.7 Å². The molecule has 0 atom stereocenters. The molecule has 2 aromatic rings. The van der Waals surface area contributed by atoms with Gasteiger partial charge in [-0.25, -0.2) is 0 Å². The average Bonchev–Trinajstić information content (AvgIpc) is 2.41. The summed E-state index contributed by atoms with van der Waals surface area (Å²) >= 11 is 5.34. The maximum Gasteiger partial charge on any atom is 0.0216 e. The maximum atomic E-state index is 3.52. The van der Waals surface area contributed by atoms with Crippen LogP contribution >= 0.6 is 27.7 Å². The fraction of sp³-hybridized carbons (Fsp3) is 0.250. The van der Waals surface area contributed by atoms with Crippen LogP contribution in [0.1, 0.15) is 18.9 Å². The van der Waals surface area contributed by atoms with Crippen LogP contribution in [-0.4, -0.2) is 6.54 Å². The Morgan fingerprint density at radius 2 is 1.95 bits per heavy atom. The third-order valence-corrected chi connectivity index (χ3v) is 4.34. The summed E-state index contributed by atoms with van der Waals surface area (Å²) in [5, 5.41) is 3.47. The Labute approximate surface area is 127 Å². The molecule has 0 unspecified atom stereocenters. The van der Waals surface area contributed by atoms with Gasteiger partial charge in [-0.15, -0.1) is 0 Å². The predicted octanol–water partition coefficient (Wildman–Crippen LogP) is 5.10. The van der Waals surface area contributed by atoms with E-state index >= 15 is 0 Å². The molecule has 0 aliphatic rings. The molecule has 0 saturated carbocycles. The van der Waals surface area contributed by atoms with E-state index < -0.39 is 0 Å². The summed E-state index contributed by atoms with van der Waals surface area (Å²) in [5.74, 6) is 0. The molecule has 3 heteroatoms. The van der Waals surface area contributed by atoms with Crippen LogP contribution in [-0.2, 0) is 6.54 Å². The van der Waals surface area contributed by atoms with Crippen LogP contribution in [0.5, 0.6) is 0 Å². The summed E-state index contributed by atoms with van der Waals surface area (Å²) in [6.45, 7) is 4.19. The number of nitrogens with one attached hydrogen (secondary N) is 1. The van der Waals surface area contributed by atoms with Crippen molar-refractivity contribution in [3.05, 3.63) is 58.6 Å². The van der Waals surface area contributed by atoms with Gasteiger partial charge >= 0.3 is 0 Å². The summed E-state index contributed by atoms with van der Waals surface area (Å²) in [6.07, 6.45) is 1.17. The molecule has 0 fully saturated rings. The van der Waals surface area contributed by atoms with Crippen LogP contribution in [0.3, 0.4) is 0 Å². The van der Waals surface area contributed by atoms with Crippen LogP contribution in [0, 0.1) is 0 Å². The van der Waals surface area contributed by atoms with E-state index in [-0.39, 0.29) is 0 Å². The van der Waals surface area contributed by atoms with E-state index in [1.807, 2.05) is 11.8 Å². The van der Waals surface area contributed by atoms with Gasteiger partial charge < -0.3 is 5.32 Å². The zero-order chi connectivity index (χ0) is 13.5. The minimum absolute atomic E-state index is 0.936. The van der Waals surface area contributed by atoms with Crippen molar-refractivity contribution < 1.29 is 0 Å². The van der Waals surface area contributed by atoms with Gasteiger partial charge in [0, 0.05) is 20.8 Å². The Morgan fingerprint density at radius 3 is 2.74 bits per heavy atom. The largest absolute Gasteiger partial charge is 0.313 e. The normalized spacial score (nSPS) is 10.6. The molecule has 100 valence electrons. The fourth-order valence-corrected chi connectivity index (χ4v) is 3.36. The molecule has 0 saturated heterocycles. The Balaban J connectivity index is 2.11. The van der Waals surface area contributed by atoms with Gasteiger partial charge in [-0.3, -0.25) is 0 Å².